The fraction of sp³-hybridized carbons (Fsp3) is 0.429. The smallest absolute Gasteiger partial charge is 0.306 e. The summed E-state index contributed by atoms with van der Waals surface area (Å²) in [5, 5.41) is 3.51. The first kappa shape index (κ1) is 20.5. The molecule has 0 heterocycles. The first-order valence-electron chi connectivity index (χ1n) is 9.10. The van der Waals surface area contributed by atoms with Crippen LogP contribution in [0.2, 0.25) is 0 Å². The fourth-order valence-electron chi connectivity index (χ4n) is 2.98. The number of halogens is 3. The van der Waals surface area contributed by atoms with Gasteiger partial charge in [0.25, 0.3) is 0 Å². The van der Waals surface area contributed by atoms with Crippen molar-refractivity contribution in [2.75, 3.05) is 19.6 Å². The standard InChI is InChI=1S/C21H27F3N2/c1-3-26(4-2)15-14-20(25-16-17-8-6-5-7-9-17)18-10-12-19(13-11-18)21(22,23)24/h5-13,20,25H,3-4,14-16H2,1-2H3. The highest BCUT2D eigenvalue weighted by molar-refractivity contribution is 5.27. The third-order valence-electron chi connectivity index (χ3n) is 4.66. The first-order valence-corrected chi connectivity index (χ1v) is 9.10. The van der Waals surface area contributed by atoms with E-state index >= 15 is 0 Å². The molecule has 0 fully saturated rings. The van der Waals surface area contributed by atoms with Crippen molar-refractivity contribution in [2.45, 2.75) is 39.0 Å². The minimum absolute atomic E-state index is 0.0121. The summed E-state index contributed by atoms with van der Waals surface area (Å²) in [6.45, 7) is 7.76. The maximum Gasteiger partial charge on any atom is 0.416 e. The number of alkyl halides is 3. The molecule has 5 heteroatoms. The molecule has 2 nitrogen and oxygen atoms in total. The Kier molecular flexibility index (Phi) is 7.66. The molecule has 0 aromatic heterocycles. The molecule has 2 aromatic rings. The predicted octanol–water partition coefficient (Wildman–Crippen LogP) is 5.27. The molecule has 0 saturated carbocycles. The second kappa shape index (κ2) is 9.74. The molecule has 2 rings (SSSR count). The van der Waals surface area contributed by atoms with Gasteiger partial charge in [0.05, 0.1) is 5.56 Å². The second-order valence-electron chi connectivity index (χ2n) is 6.35. The van der Waals surface area contributed by atoms with E-state index in [1.165, 1.54) is 12.1 Å². The molecule has 26 heavy (non-hydrogen) atoms. The number of hydrogen-bond acceptors (Lipinski definition) is 2. The third-order valence-corrected chi connectivity index (χ3v) is 4.66. The van der Waals surface area contributed by atoms with Crippen molar-refractivity contribution < 1.29 is 13.2 Å². The van der Waals surface area contributed by atoms with Crippen LogP contribution < -0.4 is 5.32 Å². The summed E-state index contributed by atoms with van der Waals surface area (Å²) >= 11 is 0. The van der Waals surface area contributed by atoms with Crippen molar-refractivity contribution in [3.63, 3.8) is 0 Å². The summed E-state index contributed by atoms with van der Waals surface area (Å²) in [5.74, 6) is 0. The molecule has 0 saturated heterocycles. The molecular formula is C21H27F3N2. The van der Waals surface area contributed by atoms with Crippen molar-refractivity contribution in [1.82, 2.24) is 10.2 Å². The summed E-state index contributed by atoms with van der Waals surface area (Å²) < 4.78 is 38.4. The van der Waals surface area contributed by atoms with Crippen LogP contribution in [-0.4, -0.2) is 24.5 Å². The van der Waals surface area contributed by atoms with Crippen LogP contribution in [0.25, 0.3) is 0 Å². The zero-order valence-electron chi connectivity index (χ0n) is 15.4. The monoisotopic (exact) mass is 364 g/mol. The first-order chi connectivity index (χ1) is 12.4. The zero-order valence-corrected chi connectivity index (χ0v) is 15.4. The van der Waals surface area contributed by atoms with Crippen LogP contribution in [0, 0.1) is 0 Å². The molecule has 0 aliphatic heterocycles. The highest BCUT2D eigenvalue weighted by Crippen LogP contribution is 2.30. The van der Waals surface area contributed by atoms with Gasteiger partial charge in [0.15, 0.2) is 0 Å². The average molecular weight is 364 g/mol. The lowest BCUT2D eigenvalue weighted by Gasteiger charge is -2.24. The van der Waals surface area contributed by atoms with Crippen molar-refractivity contribution in [1.29, 1.82) is 0 Å². The normalized spacial score (nSPS) is 13.2. The van der Waals surface area contributed by atoms with Crippen LogP contribution in [0.3, 0.4) is 0 Å². The van der Waals surface area contributed by atoms with Crippen molar-refractivity contribution in [3.8, 4) is 0 Å². The van der Waals surface area contributed by atoms with Crippen molar-refractivity contribution in [2.24, 2.45) is 0 Å². The Morgan fingerprint density at radius 3 is 2.08 bits per heavy atom. The number of nitrogens with zero attached hydrogens (tertiary/aromatic N) is 1. The number of rotatable bonds is 9. The summed E-state index contributed by atoms with van der Waals surface area (Å²) in [7, 11) is 0. The lowest BCUT2D eigenvalue weighted by atomic mass is 10.0. The molecule has 0 radical (unpaired) electrons. The van der Waals surface area contributed by atoms with Crippen molar-refractivity contribution in [3.05, 3.63) is 71.3 Å². The minimum Gasteiger partial charge on any atom is -0.306 e. The minimum atomic E-state index is -4.30. The third kappa shape index (κ3) is 6.15. The summed E-state index contributed by atoms with van der Waals surface area (Å²) in [6, 6.07) is 15.6. The topological polar surface area (TPSA) is 15.3 Å². The molecule has 0 spiro atoms. The molecule has 2 aromatic carbocycles. The van der Waals surface area contributed by atoms with Gasteiger partial charge in [-0.1, -0.05) is 56.3 Å². The largest absolute Gasteiger partial charge is 0.416 e. The van der Waals surface area contributed by atoms with E-state index in [-0.39, 0.29) is 6.04 Å². The van der Waals surface area contributed by atoms with Crippen LogP contribution in [0.1, 0.15) is 43.0 Å². The Balaban J connectivity index is 2.10. The highest BCUT2D eigenvalue weighted by atomic mass is 19.4. The van der Waals surface area contributed by atoms with Gasteiger partial charge in [-0.2, -0.15) is 13.2 Å². The molecule has 1 N–H and O–H groups in total. The van der Waals surface area contributed by atoms with Gasteiger partial charge in [0.1, 0.15) is 0 Å². The molecule has 142 valence electrons. The van der Waals surface area contributed by atoms with Gasteiger partial charge in [-0.05, 0) is 49.3 Å². The highest BCUT2D eigenvalue weighted by Gasteiger charge is 2.30. The Morgan fingerprint density at radius 1 is 0.923 bits per heavy atom. The Hall–Kier alpha value is -1.85. The van der Waals surface area contributed by atoms with Crippen LogP contribution in [0.5, 0.6) is 0 Å². The van der Waals surface area contributed by atoms with Gasteiger partial charge in [0, 0.05) is 12.6 Å². The molecule has 0 bridgehead atoms. The van der Waals surface area contributed by atoms with E-state index in [4.69, 9.17) is 0 Å². The molecule has 0 aliphatic rings. The van der Waals surface area contributed by atoms with E-state index in [0.717, 1.165) is 37.2 Å². The Morgan fingerprint density at radius 2 is 1.54 bits per heavy atom. The van der Waals surface area contributed by atoms with Gasteiger partial charge < -0.3 is 10.2 Å². The summed E-state index contributed by atoms with van der Waals surface area (Å²) in [5.41, 5.74) is 1.44. The van der Waals surface area contributed by atoms with E-state index in [9.17, 15) is 13.2 Å². The van der Waals surface area contributed by atoms with Gasteiger partial charge in [-0.3, -0.25) is 0 Å². The zero-order chi connectivity index (χ0) is 19.0. The molecule has 1 unspecified atom stereocenters. The molecule has 0 aliphatic carbocycles. The molecule has 0 amide bonds. The number of benzene rings is 2. The SMILES string of the molecule is CCN(CC)CCC(NCc1ccccc1)c1ccc(C(F)(F)F)cc1. The maximum atomic E-state index is 12.8. The lowest BCUT2D eigenvalue weighted by Crippen LogP contribution is -2.29. The average Bonchev–Trinajstić information content (AvgIpc) is 2.65. The van der Waals surface area contributed by atoms with Crippen molar-refractivity contribution >= 4 is 0 Å². The molecule has 1 atom stereocenters. The van der Waals surface area contributed by atoms with Crippen LogP contribution in [-0.2, 0) is 12.7 Å². The predicted molar refractivity (Wildman–Crippen MR) is 99.9 cm³/mol. The van der Waals surface area contributed by atoms with Crippen LogP contribution in [0.4, 0.5) is 13.2 Å². The summed E-state index contributed by atoms with van der Waals surface area (Å²) in [6.07, 6.45) is -3.45. The van der Waals surface area contributed by atoms with Crippen LogP contribution >= 0.6 is 0 Å². The number of nitrogens with one attached hydrogen (secondary N) is 1. The van der Waals surface area contributed by atoms with Gasteiger partial charge in [0.2, 0.25) is 0 Å². The fourth-order valence-corrected chi connectivity index (χ4v) is 2.98. The van der Waals surface area contributed by atoms with E-state index in [2.05, 4.69) is 24.1 Å². The quantitative estimate of drug-likeness (QED) is 0.652. The number of hydrogen-bond donors (Lipinski definition) is 1. The van der Waals surface area contributed by atoms with Gasteiger partial charge in [-0.15, -0.1) is 0 Å². The second-order valence-corrected chi connectivity index (χ2v) is 6.35. The van der Waals surface area contributed by atoms with E-state index < -0.39 is 11.7 Å². The maximum absolute atomic E-state index is 12.8. The van der Waals surface area contributed by atoms with E-state index in [1.807, 2.05) is 30.3 Å². The summed E-state index contributed by atoms with van der Waals surface area (Å²) in [4.78, 5) is 2.32. The molecular weight excluding hydrogens is 337 g/mol. The van der Waals surface area contributed by atoms with Gasteiger partial charge in [-0.25, -0.2) is 0 Å². The van der Waals surface area contributed by atoms with E-state index in [0.29, 0.717) is 6.54 Å². The van der Waals surface area contributed by atoms with Gasteiger partial charge >= 0.3 is 6.18 Å². The Labute approximate surface area is 154 Å². The van der Waals surface area contributed by atoms with Crippen LogP contribution in [0.15, 0.2) is 54.6 Å². The van der Waals surface area contributed by atoms with E-state index in [1.54, 1.807) is 12.1 Å². The lowest BCUT2D eigenvalue weighted by molar-refractivity contribution is -0.137. The Bertz CT molecular complexity index is 635.